The third-order valence-electron chi connectivity index (χ3n) is 6.05. The second-order valence-corrected chi connectivity index (χ2v) is 8.66. The predicted octanol–water partition coefficient (Wildman–Crippen LogP) is 4.72. The van der Waals surface area contributed by atoms with Crippen LogP contribution in [0.5, 0.6) is 0 Å². The largest absolute Gasteiger partial charge is 0.347 e. The second-order valence-electron chi connectivity index (χ2n) is 8.66. The first kappa shape index (κ1) is 22.5. The molecule has 1 saturated heterocycles. The van der Waals surface area contributed by atoms with E-state index in [2.05, 4.69) is 32.4 Å². The van der Waals surface area contributed by atoms with Gasteiger partial charge in [0.25, 0.3) is 5.91 Å². The Kier molecular flexibility index (Phi) is 6.34. The quantitative estimate of drug-likeness (QED) is 0.441. The van der Waals surface area contributed by atoms with Crippen LogP contribution in [0.15, 0.2) is 79.3 Å². The molecule has 1 fully saturated rings. The number of rotatable bonds is 6. The van der Waals surface area contributed by atoms with Gasteiger partial charge < -0.3 is 15.1 Å². The van der Waals surface area contributed by atoms with Crippen LogP contribution in [0, 0.1) is 0 Å². The number of hydrogen-bond donors (Lipinski definition) is 1. The summed E-state index contributed by atoms with van der Waals surface area (Å²) >= 11 is 0. The Balaban J connectivity index is 1.47. The van der Waals surface area contributed by atoms with Gasteiger partial charge in [-0.3, -0.25) is 4.79 Å². The SMILES string of the molecule is CN(C)c1ncc(-c2ccccc2)c([C@@H]2CCCN2C(=O)c2cccc(Nc3ncccn3)c2)n1. The van der Waals surface area contributed by atoms with Crippen LogP contribution in [0.1, 0.15) is 34.9 Å². The van der Waals surface area contributed by atoms with Gasteiger partial charge in [-0.15, -0.1) is 0 Å². The van der Waals surface area contributed by atoms with Crippen LogP contribution < -0.4 is 10.2 Å². The van der Waals surface area contributed by atoms with E-state index >= 15 is 0 Å². The molecule has 0 unspecified atom stereocenters. The fourth-order valence-corrected chi connectivity index (χ4v) is 4.38. The molecule has 1 atom stereocenters. The Morgan fingerprint density at radius 2 is 1.80 bits per heavy atom. The molecule has 0 bridgehead atoms. The summed E-state index contributed by atoms with van der Waals surface area (Å²) in [7, 11) is 3.85. The highest BCUT2D eigenvalue weighted by atomic mass is 16.2. The lowest BCUT2D eigenvalue weighted by molar-refractivity contribution is 0.0733. The molecule has 3 heterocycles. The molecular formula is C27H27N7O. The highest BCUT2D eigenvalue weighted by Crippen LogP contribution is 2.38. The molecule has 1 amide bonds. The van der Waals surface area contributed by atoms with Crippen molar-refractivity contribution in [2.75, 3.05) is 30.9 Å². The standard InChI is InChI=1S/C27H27N7O/c1-33(2)27-30-18-22(19-9-4-3-5-10-19)24(32-27)23-13-7-16-34(23)25(35)20-11-6-12-21(17-20)31-26-28-14-8-15-29-26/h3-6,8-12,14-15,17-18,23H,7,13,16H2,1-2H3,(H,28,29,31)/t23-/m0/s1. The van der Waals surface area contributed by atoms with Gasteiger partial charge in [0.15, 0.2) is 0 Å². The molecular weight excluding hydrogens is 438 g/mol. The van der Waals surface area contributed by atoms with E-state index in [4.69, 9.17) is 4.98 Å². The predicted molar refractivity (Wildman–Crippen MR) is 137 cm³/mol. The van der Waals surface area contributed by atoms with Crippen molar-refractivity contribution >= 4 is 23.5 Å². The normalized spacial score (nSPS) is 15.1. The molecule has 2 aromatic heterocycles. The van der Waals surface area contributed by atoms with Crippen molar-refractivity contribution in [1.82, 2.24) is 24.8 Å². The van der Waals surface area contributed by atoms with Gasteiger partial charge in [0, 0.05) is 56.0 Å². The van der Waals surface area contributed by atoms with Crippen molar-refractivity contribution in [3.8, 4) is 11.1 Å². The third-order valence-corrected chi connectivity index (χ3v) is 6.05. The Morgan fingerprint density at radius 1 is 1.00 bits per heavy atom. The highest BCUT2D eigenvalue weighted by Gasteiger charge is 2.34. The molecule has 1 aliphatic rings. The molecule has 0 spiro atoms. The molecule has 176 valence electrons. The van der Waals surface area contributed by atoms with Crippen LogP contribution in [0.25, 0.3) is 11.1 Å². The maximum absolute atomic E-state index is 13.7. The van der Waals surface area contributed by atoms with Crippen LogP contribution in [0.2, 0.25) is 0 Å². The number of anilines is 3. The minimum atomic E-state index is -0.131. The number of nitrogens with one attached hydrogen (secondary N) is 1. The zero-order valence-electron chi connectivity index (χ0n) is 19.8. The van der Waals surface area contributed by atoms with E-state index in [1.54, 1.807) is 18.5 Å². The average Bonchev–Trinajstić information content (AvgIpc) is 3.39. The molecule has 4 aromatic rings. The fourth-order valence-electron chi connectivity index (χ4n) is 4.38. The number of carbonyl (C=O) groups is 1. The molecule has 8 heteroatoms. The number of benzene rings is 2. The zero-order valence-corrected chi connectivity index (χ0v) is 19.8. The Labute approximate surface area is 204 Å². The maximum Gasteiger partial charge on any atom is 0.254 e. The summed E-state index contributed by atoms with van der Waals surface area (Å²) in [4.78, 5) is 35.4. The fraction of sp³-hybridized carbons (Fsp3) is 0.222. The van der Waals surface area contributed by atoms with Gasteiger partial charge in [0.05, 0.1) is 11.7 Å². The van der Waals surface area contributed by atoms with Gasteiger partial charge in [-0.25, -0.2) is 19.9 Å². The lowest BCUT2D eigenvalue weighted by Gasteiger charge is -2.27. The maximum atomic E-state index is 13.7. The monoisotopic (exact) mass is 465 g/mol. The van der Waals surface area contributed by atoms with E-state index in [-0.39, 0.29) is 11.9 Å². The van der Waals surface area contributed by atoms with Gasteiger partial charge >= 0.3 is 0 Å². The third kappa shape index (κ3) is 4.82. The molecule has 35 heavy (non-hydrogen) atoms. The zero-order chi connectivity index (χ0) is 24.2. The van der Waals surface area contributed by atoms with Gasteiger partial charge in [-0.1, -0.05) is 36.4 Å². The lowest BCUT2D eigenvalue weighted by atomic mass is 9.99. The van der Waals surface area contributed by atoms with Crippen molar-refractivity contribution in [2.24, 2.45) is 0 Å². The number of amides is 1. The molecule has 5 rings (SSSR count). The van der Waals surface area contributed by atoms with Crippen molar-refractivity contribution < 1.29 is 4.79 Å². The smallest absolute Gasteiger partial charge is 0.254 e. The Morgan fingerprint density at radius 3 is 2.57 bits per heavy atom. The number of likely N-dealkylation sites (tertiary alicyclic amines) is 1. The van der Waals surface area contributed by atoms with Crippen molar-refractivity contribution in [2.45, 2.75) is 18.9 Å². The number of hydrogen-bond acceptors (Lipinski definition) is 7. The summed E-state index contributed by atoms with van der Waals surface area (Å²) in [6.45, 7) is 0.679. The molecule has 1 N–H and O–H groups in total. The summed E-state index contributed by atoms with van der Waals surface area (Å²) in [5.41, 5.74) is 4.26. The first-order valence-electron chi connectivity index (χ1n) is 11.6. The molecule has 0 saturated carbocycles. The van der Waals surface area contributed by atoms with Gasteiger partial charge in [-0.05, 0) is 42.7 Å². The van der Waals surface area contributed by atoms with Gasteiger partial charge in [0.2, 0.25) is 11.9 Å². The minimum absolute atomic E-state index is 0.0193. The topological polar surface area (TPSA) is 87.1 Å². The van der Waals surface area contributed by atoms with E-state index in [0.29, 0.717) is 24.0 Å². The van der Waals surface area contributed by atoms with Crippen LogP contribution in [-0.2, 0) is 0 Å². The molecule has 0 aliphatic carbocycles. The van der Waals surface area contributed by atoms with E-state index in [0.717, 1.165) is 35.3 Å². The molecule has 2 aromatic carbocycles. The number of aromatic nitrogens is 4. The first-order valence-corrected chi connectivity index (χ1v) is 11.6. The van der Waals surface area contributed by atoms with Gasteiger partial charge in [0.1, 0.15) is 0 Å². The van der Waals surface area contributed by atoms with E-state index < -0.39 is 0 Å². The summed E-state index contributed by atoms with van der Waals surface area (Å²) in [6, 6.07) is 19.2. The van der Waals surface area contributed by atoms with Crippen molar-refractivity contribution in [1.29, 1.82) is 0 Å². The summed E-state index contributed by atoms with van der Waals surface area (Å²) in [5.74, 6) is 1.10. The Bertz CT molecular complexity index is 1310. The van der Waals surface area contributed by atoms with Crippen molar-refractivity contribution in [3.05, 3.63) is 90.5 Å². The Hall–Kier alpha value is -4.33. The second kappa shape index (κ2) is 9.89. The van der Waals surface area contributed by atoms with E-state index in [1.807, 2.05) is 72.6 Å². The van der Waals surface area contributed by atoms with Crippen LogP contribution in [0.3, 0.4) is 0 Å². The van der Waals surface area contributed by atoms with Crippen molar-refractivity contribution in [3.63, 3.8) is 0 Å². The van der Waals surface area contributed by atoms with E-state index in [1.165, 1.54) is 0 Å². The molecule has 0 radical (unpaired) electrons. The number of nitrogens with zero attached hydrogens (tertiary/aromatic N) is 6. The van der Waals surface area contributed by atoms with Crippen LogP contribution in [-0.4, -0.2) is 51.4 Å². The molecule has 1 aliphatic heterocycles. The number of carbonyl (C=O) groups excluding carboxylic acids is 1. The summed E-state index contributed by atoms with van der Waals surface area (Å²) in [6.07, 6.45) is 6.99. The summed E-state index contributed by atoms with van der Waals surface area (Å²) < 4.78 is 0. The van der Waals surface area contributed by atoms with E-state index in [9.17, 15) is 4.79 Å². The van der Waals surface area contributed by atoms with Crippen LogP contribution >= 0.6 is 0 Å². The first-order chi connectivity index (χ1) is 17.1. The lowest BCUT2D eigenvalue weighted by Crippen LogP contribution is -2.31. The molecule has 8 nitrogen and oxygen atoms in total. The highest BCUT2D eigenvalue weighted by molar-refractivity contribution is 5.96. The average molecular weight is 466 g/mol. The van der Waals surface area contributed by atoms with Crippen LogP contribution in [0.4, 0.5) is 17.6 Å². The summed E-state index contributed by atoms with van der Waals surface area (Å²) in [5, 5.41) is 3.16. The van der Waals surface area contributed by atoms with Gasteiger partial charge in [-0.2, -0.15) is 0 Å². The minimum Gasteiger partial charge on any atom is -0.347 e.